The lowest BCUT2D eigenvalue weighted by Gasteiger charge is -2.35. The third kappa shape index (κ3) is 9.66. The molecule has 1 amide bonds. The Balaban J connectivity index is 0.00000385. The van der Waals surface area contributed by atoms with Gasteiger partial charge in [0.05, 0.1) is 6.61 Å². The Kier molecular flexibility index (Phi) is 12.9. The summed E-state index contributed by atoms with van der Waals surface area (Å²) in [4.78, 5) is 23.1. The van der Waals surface area contributed by atoms with Crippen LogP contribution < -0.4 is 10.6 Å². The molecule has 2 aliphatic heterocycles. The Bertz CT molecular complexity index is 704. The number of aliphatic imine (C=N–C) groups is 1. The number of amides is 1. The molecule has 0 unspecified atom stereocenters. The molecule has 186 valence electrons. The maximum Gasteiger partial charge on any atom is 0.409 e. The minimum absolute atomic E-state index is 0. The van der Waals surface area contributed by atoms with Crippen LogP contribution in [0.4, 0.5) is 4.79 Å². The van der Waals surface area contributed by atoms with Gasteiger partial charge in [-0.2, -0.15) is 0 Å². The number of ether oxygens (including phenoxy) is 1. The van der Waals surface area contributed by atoms with Gasteiger partial charge in [0.1, 0.15) is 0 Å². The van der Waals surface area contributed by atoms with Crippen LogP contribution in [0.25, 0.3) is 0 Å². The van der Waals surface area contributed by atoms with Crippen molar-refractivity contribution >= 4 is 36.0 Å². The van der Waals surface area contributed by atoms with Gasteiger partial charge in [0.15, 0.2) is 5.96 Å². The smallest absolute Gasteiger partial charge is 0.409 e. The van der Waals surface area contributed by atoms with Crippen molar-refractivity contribution in [3.05, 3.63) is 35.9 Å². The summed E-state index contributed by atoms with van der Waals surface area (Å²) in [6.45, 7) is 11.3. The lowest BCUT2D eigenvalue weighted by atomic mass is 10.1. The molecule has 2 saturated heterocycles. The number of likely N-dealkylation sites (tertiary alicyclic amines) is 1. The van der Waals surface area contributed by atoms with Gasteiger partial charge in [-0.25, -0.2) is 4.79 Å². The van der Waals surface area contributed by atoms with Crippen molar-refractivity contribution in [2.24, 2.45) is 4.99 Å². The van der Waals surface area contributed by atoms with E-state index in [2.05, 4.69) is 55.8 Å². The third-order valence-corrected chi connectivity index (χ3v) is 6.24. The lowest BCUT2D eigenvalue weighted by molar-refractivity contribution is 0.0963. The summed E-state index contributed by atoms with van der Waals surface area (Å²) in [5, 5.41) is 6.95. The second-order valence-electron chi connectivity index (χ2n) is 8.56. The molecule has 0 atom stereocenters. The molecule has 2 fully saturated rings. The number of benzene rings is 1. The average molecular weight is 573 g/mol. The number of piperazine rings is 1. The zero-order chi connectivity index (χ0) is 22.6. The number of halogens is 1. The van der Waals surface area contributed by atoms with Crippen LogP contribution in [-0.4, -0.2) is 98.8 Å². The van der Waals surface area contributed by atoms with Crippen LogP contribution in [0.15, 0.2) is 35.3 Å². The summed E-state index contributed by atoms with van der Waals surface area (Å²) in [5.74, 6) is 0.854. The molecule has 2 heterocycles. The zero-order valence-electron chi connectivity index (χ0n) is 20.2. The highest BCUT2D eigenvalue weighted by atomic mass is 127. The molecule has 0 aromatic heterocycles. The Morgan fingerprint density at radius 3 is 2.36 bits per heavy atom. The minimum atomic E-state index is -0.200. The van der Waals surface area contributed by atoms with E-state index < -0.39 is 0 Å². The number of nitrogens with zero attached hydrogens (tertiary/aromatic N) is 4. The normalized spacial score (nSPS) is 18.5. The number of guanidine groups is 1. The van der Waals surface area contributed by atoms with Crippen molar-refractivity contribution in [2.75, 3.05) is 66.0 Å². The Hall–Kier alpha value is -1.59. The SMILES string of the molecule is CCOC(=O)N1CCC(NC(=NC)NCCCN2CCN(Cc3ccccc3)CC2)CC1.I. The molecule has 9 heteroatoms. The van der Waals surface area contributed by atoms with Crippen LogP contribution >= 0.6 is 24.0 Å². The molecule has 2 aliphatic rings. The standard InChI is InChI=1S/C24H40N6O2.HI/c1-3-32-24(31)30-14-10-22(11-15-30)27-23(25-2)26-12-7-13-28-16-18-29(19-17-28)20-21-8-5-4-6-9-21;/h4-6,8-9,22H,3,7,10-20H2,1-2H3,(H2,25,26,27);1H. The van der Waals surface area contributed by atoms with E-state index in [1.807, 2.05) is 14.0 Å². The first kappa shape index (κ1) is 27.7. The summed E-state index contributed by atoms with van der Waals surface area (Å²) in [5.41, 5.74) is 1.40. The maximum absolute atomic E-state index is 11.8. The number of rotatable bonds is 8. The van der Waals surface area contributed by atoms with Crippen molar-refractivity contribution in [2.45, 2.75) is 38.8 Å². The average Bonchev–Trinajstić information content (AvgIpc) is 2.83. The van der Waals surface area contributed by atoms with Crippen molar-refractivity contribution in [3.8, 4) is 0 Å². The van der Waals surface area contributed by atoms with Crippen LogP contribution in [0.5, 0.6) is 0 Å². The summed E-state index contributed by atoms with van der Waals surface area (Å²) < 4.78 is 5.09. The fourth-order valence-corrected chi connectivity index (χ4v) is 4.33. The van der Waals surface area contributed by atoms with E-state index in [9.17, 15) is 4.79 Å². The monoisotopic (exact) mass is 572 g/mol. The van der Waals surface area contributed by atoms with Gasteiger partial charge in [0, 0.05) is 65.4 Å². The van der Waals surface area contributed by atoms with Gasteiger partial charge in [-0.1, -0.05) is 30.3 Å². The van der Waals surface area contributed by atoms with Gasteiger partial charge in [-0.3, -0.25) is 9.89 Å². The number of carbonyl (C=O) groups excluding carboxylic acids is 1. The third-order valence-electron chi connectivity index (χ3n) is 6.24. The number of carbonyl (C=O) groups is 1. The quantitative estimate of drug-likeness (QED) is 0.216. The molecule has 33 heavy (non-hydrogen) atoms. The zero-order valence-corrected chi connectivity index (χ0v) is 22.5. The van der Waals surface area contributed by atoms with E-state index >= 15 is 0 Å². The highest BCUT2D eigenvalue weighted by Gasteiger charge is 2.24. The second-order valence-corrected chi connectivity index (χ2v) is 8.56. The first-order valence-electron chi connectivity index (χ1n) is 12.1. The predicted molar refractivity (Wildman–Crippen MR) is 144 cm³/mol. The van der Waals surface area contributed by atoms with E-state index in [1.54, 1.807) is 4.90 Å². The van der Waals surface area contributed by atoms with Crippen LogP contribution in [-0.2, 0) is 11.3 Å². The molecule has 1 aromatic carbocycles. The number of hydrogen-bond acceptors (Lipinski definition) is 5. The molecular weight excluding hydrogens is 531 g/mol. The lowest BCUT2D eigenvalue weighted by Crippen LogP contribution is -2.50. The van der Waals surface area contributed by atoms with Gasteiger partial charge >= 0.3 is 6.09 Å². The van der Waals surface area contributed by atoms with Crippen LogP contribution in [0.3, 0.4) is 0 Å². The van der Waals surface area contributed by atoms with Gasteiger partial charge < -0.3 is 25.2 Å². The van der Waals surface area contributed by atoms with Gasteiger partial charge in [-0.05, 0) is 38.3 Å². The van der Waals surface area contributed by atoms with Crippen molar-refractivity contribution in [1.29, 1.82) is 0 Å². The molecular formula is C24H41IN6O2. The molecule has 0 radical (unpaired) electrons. The molecule has 8 nitrogen and oxygen atoms in total. The Morgan fingerprint density at radius 1 is 1.06 bits per heavy atom. The fraction of sp³-hybridized carbons (Fsp3) is 0.667. The van der Waals surface area contributed by atoms with Crippen LogP contribution in [0.1, 0.15) is 31.7 Å². The van der Waals surface area contributed by atoms with Crippen molar-refractivity contribution < 1.29 is 9.53 Å². The van der Waals surface area contributed by atoms with E-state index in [0.717, 1.165) is 84.1 Å². The summed E-state index contributed by atoms with van der Waals surface area (Å²) >= 11 is 0. The minimum Gasteiger partial charge on any atom is -0.450 e. The Morgan fingerprint density at radius 2 is 1.73 bits per heavy atom. The van der Waals surface area contributed by atoms with Crippen molar-refractivity contribution in [3.63, 3.8) is 0 Å². The number of nitrogens with one attached hydrogen (secondary N) is 2. The summed E-state index contributed by atoms with van der Waals surface area (Å²) in [6, 6.07) is 11.1. The first-order valence-corrected chi connectivity index (χ1v) is 12.1. The van der Waals surface area contributed by atoms with E-state index in [0.29, 0.717) is 12.6 Å². The van der Waals surface area contributed by atoms with Crippen LogP contribution in [0, 0.1) is 0 Å². The van der Waals surface area contributed by atoms with E-state index in [-0.39, 0.29) is 30.1 Å². The van der Waals surface area contributed by atoms with Crippen molar-refractivity contribution in [1.82, 2.24) is 25.3 Å². The largest absolute Gasteiger partial charge is 0.450 e. The predicted octanol–water partition coefficient (Wildman–Crippen LogP) is 2.60. The van der Waals surface area contributed by atoms with Gasteiger partial charge in [0.25, 0.3) is 0 Å². The topological polar surface area (TPSA) is 72.4 Å². The van der Waals surface area contributed by atoms with E-state index in [4.69, 9.17) is 4.74 Å². The number of piperidine rings is 1. The first-order chi connectivity index (χ1) is 15.7. The highest BCUT2D eigenvalue weighted by molar-refractivity contribution is 14.0. The van der Waals surface area contributed by atoms with E-state index in [1.165, 1.54) is 5.56 Å². The van der Waals surface area contributed by atoms with Gasteiger partial charge in [0.2, 0.25) is 0 Å². The maximum atomic E-state index is 11.8. The second kappa shape index (κ2) is 15.3. The molecule has 2 N–H and O–H groups in total. The van der Waals surface area contributed by atoms with Gasteiger partial charge in [-0.15, -0.1) is 24.0 Å². The number of hydrogen-bond donors (Lipinski definition) is 2. The van der Waals surface area contributed by atoms with Crippen LogP contribution in [0.2, 0.25) is 0 Å². The molecule has 0 spiro atoms. The summed E-state index contributed by atoms with van der Waals surface area (Å²) in [6.07, 6.45) is 2.72. The molecule has 0 bridgehead atoms. The highest BCUT2D eigenvalue weighted by Crippen LogP contribution is 2.12. The molecule has 3 rings (SSSR count). The molecule has 0 aliphatic carbocycles. The summed E-state index contributed by atoms with van der Waals surface area (Å²) in [7, 11) is 1.81. The molecule has 1 aromatic rings. The molecule has 0 saturated carbocycles. The Labute approximate surface area is 216 Å². The fourth-order valence-electron chi connectivity index (χ4n) is 4.33.